The second-order valence-corrected chi connectivity index (χ2v) is 8.38. The van der Waals surface area contributed by atoms with Gasteiger partial charge in [0.2, 0.25) is 0 Å². The van der Waals surface area contributed by atoms with Crippen LogP contribution in [0.3, 0.4) is 0 Å². The fraction of sp³-hybridized carbons (Fsp3) is 0.167. The van der Waals surface area contributed by atoms with E-state index in [0.29, 0.717) is 6.61 Å². The van der Waals surface area contributed by atoms with E-state index in [2.05, 4.69) is 12.1 Å². The first kappa shape index (κ1) is 18.5. The Hall–Kier alpha value is -2.85. The summed E-state index contributed by atoms with van der Waals surface area (Å²) in [5, 5.41) is 0. The summed E-state index contributed by atoms with van der Waals surface area (Å²) in [6, 6.07) is 28.0. The molecule has 0 N–H and O–H groups in total. The fourth-order valence-corrected chi connectivity index (χ4v) is 5.22. The normalized spacial score (nSPS) is 17.3. The first-order valence-electron chi connectivity index (χ1n) is 9.32. The minimum Gasteiger partial charge on any atom is -0.491 e. The van der Waals surface area contributed by atoms with Crippen LogP contribution in [0.25, 0.3) is 5.76 Å². The lowest BCUT2D eigenvalue weighted by Crippen LogP contribution is -2.14. The minimum absolute atomic E-state index is 0.0348. The highest BCUT2D eigenvalue weighted by Gasteiger charge is 2.35. The largest absolute Gasteiger partial charge is 0.491 e. The number of rotatable bonds is 5. The Morgan fingerprint density at radius 2 is 1.46 bits per heavy atom. The molecular formula is C24H23NO2S. The van der Waals surface area contributed by atoms with Crippen LogP contribution in [0.15, 0.2) is 94.7 Å². The number of para-hydroxylation sites is 1. The molecule has 0 bridgehead atoms. The van der Waals surface area contributed by atoms with Gasteiger partial charge in [-0.15, -0.1) is 0 Å². The third kappa shape index (κ3) is 3.48. The van der Waals surface area contributed by atoms with Crippen molar-refractivity contribution in [2.75, 3.05) is 25.6 Å². The van der Waals surface area contributed by atoms with Gasteiger partial charge in [-0.25, -0.2) is 4.21 Å². The maximum absolute atomic E-state index is 13.9. The topological polar surface area (TPSA) is 29.5 Å². The van der Waals surface area contributed by atoms with Crippen LogP contribution < -0.4 is 4.90 Å². The highest BCUT2D eigenvalue weighted by atomic mass is 32.2. The van der Waals surface area contributed by atoms with Gasteiger partial charge in [-0.2, -0.15) is 0 Å². The van der Waals surface area contributed by atoms with Crippen LogP contribution in [-0.2, 0) is 15.5 Å². The molecule has 0 unspecified atom stereocenters. The van der Waals surface area contributed by atoms with E-state index >= 15 is 0 Å². The van der Waals surface area contributed by atoms with Crippen LogP contribution in [0.2, 0.25) is 0 Å². The van der Waals surface area contributed by atoms with E-state index in [0.717, 1.165) is 32.4 Å². The molecule has 3 aromatic rings. The average molecular weight is 390 g/mol. The summed E-state index contributed by atoms with van der Waals surface area (Å²) in [7, 11) is 2.61. The number of nitrogens with zero attached hydrogens (tertiary/aromatic N) is 1. The number of benzene rings is 3. The first-order chi connectivity index (χ1) is 13.7. The van der Waals surface area contributed by atoms with Crippen molar-refractivity contribution in [3.05, 3.63) is 101 Å². The quantitative estimate of drug-likeness (QED) is 0.612. The molecule has 0 aliphatic carbocycles. The maximum atomic E-state index is 13.9. The van der Waals surface area contributed by atoms with Gasteiger partial charge >= 0.3 is 0 Å². The molecule has 0 saturated carbocycles. The predicted molar refractivity (Wildman–Crippen MR) is 116 cm³/mol. The SMILES string of the molecule is CN(C)c1ccccc1[S@@](=O)C1=C(c2ccccc2)OC[C@H]1c1ccccc1. The minimum atomic E-state index is -1.34. The first-order valence-corrected chi connectivity index (χ1v) is 10.5. The van der Waals surface area contributed by atoms with Crippen molar-refractivity contribution in [3.8, 4) is 0 Å². The number of ether oxygens (including phenoxy) is 1. The van der Waals surface area contributed by atoms with Gasteiger partial charge in [-0.1, -0.05) is 72.8 Å². The van der Waals surface area contributed by atoms with Crippen LogP contribution in [0.4, 0.5) is 5.69 Å². The Kier molecular flexibility index (Phi) is 5.31. The molecule has 4 heteroatoms. The van der Waals surface area contributed by atoms with Crippen LogP contribution in [0.5, 0.6) is 0 Å². The van der Waals surface area contributed by atoms with E-state index < -0.39 is 10.8 Å². The summed E-state index contributed by atoms with van der Waals surface area (Å²) in [6.45, 7) is 0.499. The molecule has 142 valence electrons. The van der Waals surface area contributed by atoms with Crippen molar-refractivity contribution >= 4 is 22.2 Å². The smallest absolute Gasteiger partial charge is 0.139 e. The van der Waals surface area contributed by atoms with E-state index in [9.17, 15) is 4.21 Å². The van der Waals surface area contributed by atoms with Gasteiger partial charge in [0.05, 0.1) is 38.8 Å². The second-order valence-electron chi connectivity index (χ2n) is 6.96. The molecule has 28 heavy (non-hydrogen) atoms. The Balaban J connectivity index is 1.88. The summed E-state index contributed by atoms with van der Waals surface area (Å²) < 4.78 is 20.0. The third-order valence-corrected chi connectivity index (χ3v) is 6.53. The summed E-state index contributed by atoms with van der Waals surface area (Å²) in [5.74, 6) is 0.703. The molecule has 1 aliphatic rings. The molecular weight excluding hydrogens is 366 g/mol. The molecule has 2 atom stereocenters. The molecule has 0 saturated heterocycles. The average Bonchev–Trinajstić information content (AvgIpc) is 3.19. The van der Waals surface area contributed by atoms with Crippen molar-refractivity contribution in [2.45, 2.75) is 10.8 Å². The molecule has 1 aliphatic heterocycles. The monoisotopic (exact) mass is 389 g/mol. The van der Waals surface area contributed by atoms with Crippen molar-refractivity contribution in [1.82, 2.24) is 0 Å². The Bertz CT molecular complexity index is 1010. The zero-order chi connectivity index (χ0) is 19.5. The van der Waals surface area contributed by atoms with E-state index in [1.165, 1.54) is 0 Å². The van der Waals surface area contributed by atoms with E-state index in [-0.39, 0.29) is 5.92 Å². The summed E-state index contributed by atoms with van der Waals surface area (Å²) in [6.07, 6.45) is 0. The van der Waals surface area contributed by atoms with Crippen molar-refractivity contribution < 1.29 is 8.95 Å². The lowest BCUT2D eigenvalue weighted by atomic mass is 9.99. The van der Waals surface area contributed by atoms with Crippen molar-refractivity contribution in [2.24, 2.45) is 0 Å². The Morgan fingerprint density at radius 3 is 2.14 bits per heavy atom. The molecule has 0 fully saturated rings. The predicted octanol–water partition coefficient (Wildman–Crippen LogP) is 5.04. The van der Waals surface area contributed by atoms with Crippen LogP contribution in [0, 0.1) is 0 Å². The third-order valence-electron chi connectivity index (χ3n) is 4.92. The van der Waals surface area contributed by atoms with Gasteiger partial charge < -0.3 is 9.64 Å². The zero-order valence-electron chi connectivity index (χ0n) is 16.0. The fourth-order valence-electron chi connectivity index (χ4n) is 3.54. The van der Waals surface area contributed by atoms with Crippen molar-refractivity contribution in [1.29, 1.82) is 0 Å². The van der Waals surface area contributed by atoms with E-state index in [4.69, 9.17) is 4.74 Å². The second kappa shape index (κ2) is 8.03. The molecule has 3 nitrogen and oxygen atoms in total. The molecule has 0 amide bonds. The van der Waals surface area contributed by atoms with Gasteiger partial charge in [-0.3, -0.25) is 0 Å². The Labute approximate surface area is 168 Å². The summed E-state index contributed by atoms with van der Waals surface area (Å²) in [5.41, 5.74) is 3.05. The van der Waals surface area contributed by atoms with Crippen LogP contribution in [-0.4, -0.2) is 24.9 Å². The summed E-state index contributed by atoms with van der Waals surface area (Å²) >= 11 is 0. The highest BCUT2D eigenvalue weighted by Crippen LogP contribution is 2.43. The van der Waals surface area contributed by atoms with Gasteiger partial charge in [0.25, 0.3) is 0 Å². The zero-order valence-corrected chi connectivity index (χ0v) is 16.9. The number of hydrogen-bond donors (Lipinski definition) is 0. The van der Waals surface area contributed by atoms with Gasteiger partial charge in [-0.05, 0) is 17.7 Å². The lowest BCUT2D eigenvalue weighted by molar-refractivity contribution is 0.294. The van der Waals surface area contributed by atoms with Crippen LogP contribution >= 0.6 is 0 Å². The lowest BCUT2D eigenvalue weighted by Gasteiger charge is -2.19. The molecule has 1 heterocycles. The van der Waals surface area contributed by atoms with Crippen LogP contribution in [0.1, 0.15) is 17.0 Å². The van der Waals surface area contributed by atoms with Gasteiger partial charge in [0, 0.05) is 19.7 Å². The molecule has 0 aromatic heterocycles. The number of anilines is 1. The molecule has 4 rings (SSSR count). The maximum Gasteiger partial charge on any atom is 0.139 e. The highest BCUT2D eigenvalue weighted by molar-refractivity contribution is 7.89. The number of hydrogen-bond acceptors (Lipinski definition) is 3. The molecule has 0 radical (unpaired) electrons. The van der Waals surface area contributed by atoms with E-state index in [1.807, 2.05) is 91.8 Å². The van der Waals surface area contributed by atoms with Crippen molar-refractivity contribution in [3.63, 3.8) is 0 Å². The summed E-state index contributed by atoms with van der Waals surface area (Å²) in [4.78, 5) is 3.65. The molecule has 0 spiro atoms. The molecule has 3 aromatic carbocycles. The van der Waals surface area contributed by atoms with E-state index in [1.54, 1.807) is 0 Å². The van der Waals surface area contributed by atoms with Gasteiger partial charge in [0.1, 0.15) is 5.76 Å². The van der Waals surface area contributed by atoms with Gasteiger partial charge in [0.15, 0.2) is 0 Å². The Morgan fingerprint density at radius 1 is 0.857 bits per heavy atom. The standard InChI is InChI=1S/C24H23NO2S/c1-25(2)21-15-9-10-16-22(21)28(26)24-20(18-11-5-3-6-12-18)17-27-23(24)19-13-7-4-8-14-19/h3-16,20H,17H2,1-2H3/t20-,28+/m0/s1.